The molecule has 3 aromatic heterocycles. The maximum absolute atomic E-state index is 13.7. The third-order valence-corrected chi connectivity index (χ3v) is 4.32. The second-order valence-electron chi connectivity index (χ2n) is 4.95. The van der Waals surface area contributed by atoms with E-state index < -0.39 is 5.82 Å². The SMILES string of the molecule is NCc1nc(-c2csc(C(=O)c3c[nH]c4c(F)cccc34)n2)no1. The maximum atomic E-state index is 13.7. The second-order valence-corrected chi connectivity index (χ2v) is 5.81. The highest BCUT2D eigenvalue weighted by Crippen LogP contribution is 2.26. The minimum Gasteiger partial charge on any atom is -0.358 e. The Labute approximate surface area is 138 Å². The minimum atomic E-state index is -0.410. The van der Waals surface area contributed by atoms with Crippen LogP contribution in [0.25, 0.3) is 22.4 Å². The topological polar surface area (TPSA) is 111 Å². The predicted molar refractivity (Wildman–Crippen MR) is 85.0 cm³/mol. The fraction of sp³-hybridized carbons (Fsp3) is 0.0667. The van der Waals surface area contributed by atoms with Crippen LogP contribution in [0.2, 0.25) is 0 Å². The number of aromatic amines is 1. The van der Waals surface area contributed by atoms with Crippen molar-refractivity contribution < 1.29 is 13.7 Å². The first-order valence-electron chi connectivity index (χ1n) is 6.96. The van der Waals surface area contributed by atoms with Crippen molar-refractivity contribution in [3.63, 3.8) is 0 Å². The Morgan fingerprint density at radius 1 is 1.38 bits per heavy atom. The van der Waals surface area contributed by atoms with Gasteiger partial charge in [-0.3, -0.25) is 4.79 Å². The summed E-state index contributed by atoms with van der Waals surface area (Å²) in [5.41, 5.74) is 6.51. The fourth-order valence-electron chi connectivity index (χ4n) is 2.34. The number of carbonyl (C=O) groups excluding carboxylic acids is 1. The van der Waals surface area contributed by atoms with Crippen molar-refractivity contribution in [3.05, 3.63) is 52.1 Å². The van der Waals surface area contributed by atoms with Gasteiger partial charge in [0.05, 0.1) is 17.6 Å². The lowest BCUT2D eigenvalue weighted by Crippen LogP contribution is -2.00. The molecule has 120 valence electrons. The zero-order chi connectivity index (χ0) is 16.7. The van der Waals surface area contributed by atoms with Gasteiger partial charge in [0, 0.05) is 17.0 Å². The van der Waals surface area contributed by atoms with Crippen LogP contribution in [-0.4, -0.2) is 25.9 Å². The largest absolute Gasteiger partial charge is 0.358 e. The van der Waals surface area contributed by atoms with E-state index in [2.05, 4.69) is 20.1 Å². The lowest BCUT2D eigenvalue weighted by molar-refractivity contribution is 0.104. The predicted octanol–water partition coefficient (Wildman–Crippen LogP) is 2.50. The van der Waals surface area contributed by atoms with Crippen LogP contribution in [0.15, 0.2) is 34.3 Å². The Morgan fingerprint density at radius 3 is 3.04 bits per heavy atom. The standard InChI is InChI=1S/C15H10FN5O2S/c16-9-3-1-2-7-8(5-18-12(7)9)13(22)15-19-10(6-24-15)14-20-11(4-17)23-21-14/h1-3,5-6,18H,4,17H2. The molecule has 0 unspecified atom stereocenters. The average Bonchev–Trinajstić information content (AvgIpc) is 3.32. The molecule has 0 aliphatic rings. The van der Waals surface area contributed by atoms with Crippen molar-refractivity contribution >= 4 is 28.0 Å². The van der Waals surface area contributed by atoms with Crippen molar-refractivity contribution in [1.82, 2.24) is 20.1 Å². The van der Waals surface area contributed by atoms with E-state index in [1.807, 2.05) is 0 Å². The molecular weight excluding hydrogens is 333 g/mol. The van der Waals surface area contributed by atoms with Crippen LogP contribution < -0.4 is 5.73 Å². The maximum Gasteiger partial charge on any atom is 0.240 e. The molecule has 9 heteroatoms. The third-order valence-electron chi connectivity index (χ3n) is 3.48. The van der Waals surface area contributed by atoms with Gasteiger partial charge in [-0.15, -0.1) is 11.3 Å². The molecule has 0 bridgehead atoms. The Bertz CT molecular complexity index is 1050. The van der Waals surface area contributed by atoms with Crippen LogP contribution in [0.5, 0.6) is 0 Å². The Kier molecular flexibility index (Phi) is 3.44. The Balaban J connectivity index is 1.71. The van der Waals surface area contributed by atoms with Crippen molar-refractivity contribution in [2.75, 3.05) is 0 Å². The first kappa shape index (κ1) is 14.7. The van der Waals surface area contributed by atoms with E-state index in [1.165, 1.54) is 12.3 Å². The number of hydrogen-bond donors (Lipinski definition) is 2. The number of fused-ring (bicyclic) bond motifs is 1. The van der Waals surface area contributed by atoms with Crippen LogP contribution in [0.4, 0.5) is 4.39 Å². The molecule has 24 heavy (non-hydrogen) atoms. The van der Waals surface area contributed by atoms with Gasteiger partial charge in [-0.25, -0.2) is 9.37 Å². The van der Waals surface area contributed by atoms with Crippen LogP contribution in [0, 0.1) is 5.82 Å². The molecule has 3 heterocycles. The Morgan fingerprint density at radius 2 is 2.25 bits per heavy atom. The zero-order valence-electron chi connectivity index (χ0n) is 12.1. The number of aromatic nitrogens is 4. The summed E-state index contributed by atoms with van der Waals surface area (Å²) in [5, 5.41) is 6.20. The van der Waals surface area contributed by atoms with E-state index in [1.54, 1.807) is 17.5 Å². The lowest BCUT2D eigenvalue weighted by Gasteiger charge is -1.95. The van der Waals surface area contributed by atoms with Crippen molar-refractivity contribution in [1.29, 1.82) is 0 Å². The molecule has 1 aromatic carbocycles. The molecule has 4 aromatic rings. The monoisotopic (exact) mass is 343 g/mol. The van der Waals surface area contributed by atoms with Crippen LogP contribution in [0.1, 0.15) is 21.3 Å². The van der Waals surface area contributed by atoms with E-state index in [4.69, 9.17) is 10.3 Å². The summed E-state index contributed by atoms with van der Waals surface area (Å²) in [6.45, 7) is 0.129. The number of benzene rings is 1. The highest BCUT2D eigenvalue weighted by molar-refractivity contribution is 7.12. The number of rotatable bonds is 4. The summed E-state index contributed by atoms with van der Waals surface area (Å²) in [7, 11) is 0. The van der Waals surface area contributed by atoms with Gasteiger partial charge in [0.2, 0.25) is 17.5 Å². The molecule has 0 aliphatic carbocycles. The molecule has 0 aliphatic heterocycles. The second kappa shape index (κ2) is 5.62. The van der Waals surface area contributed by atoms with Crippen molar-refractivity contribution in [2.45, 2.75) is 6.54 Å². The third kappa shape index (κ3) is 2.30. The van der Waals surface area contributed by atoms with E-state index >= 15 is 0 Å². The Hall–Kier alpha value is -2.91. The highest BCUT2D eigenvalue weighted by atomic mass is 32.1. The summed E-state index contributed by atoms with van der Waals surface area (Å²) < 4.78 is 18.7. The number of nitrogens with one attached hydrogen (secondary N) is 1. The summed E-state index contributed by atoms with van der Waals surface area (Å²) in [5.74, 6) is -0.146. The number of ketones is 1. The van der Waals surface area contributed by atoms with Gasteiger partial charge in [-0.2, -0.15) is 4.98 Å². The van der Waals surface area contributed by atoms with Crippen LogP contribution >= 0.6 is 11.3 Å². The molecule has 0 spiro atoms. The number of nitrogens with two attached hydrogens (primary N) is 1. The number of nitrogens with zero attached hydrogens (tertiary/aromatic N) is 3. The molecular formula is C15H10FN5O2S. The zero-order valence-corrected chi connectivity index (χ0v) is 12.9. The van der Waals surface area contributed by atoms with Gasteiger partial charge in [0.25, 0.3) is 0 Å². The number of para-hydroxylation sites is 1. The number of hydrogen-bond acceptors (Lipinski definition) is 7. The van der Waals surface area contributed by atoms with E-state index in [9.17, 15) is 9.18 Å². The number of thiazole rings is 1. The molecule has 0 amide bonds. The summed E-state index contributed by atoms with van der Waals surface area (Å²) in [4.78, 5) is 23.8. The molecule has 4 rings (SSSR count). The molecule has 3 N–H and O–H groups in total. The fourth-order valence-corrected chi connectivity index (χ4v) is 3.09. The first-order valence-corrected chi connectivity index (χ1v) is 7.84. The molecule has 0 atom stereocenters. The van der Waals surface area contributed by atoms with Crippen LogP contribution in [0.3, 0.4) is 0 Å². The minimum absolute atomic E-state index is 0.129. The van der Waals surface area contributed by atoms with Gasteiger partial charge in [-0.1, -0.05) is 17.3 Å². The summed E-state index contributed by atoms with van der Waals surface area (Å²) >= 11 is 1.16. The van der Waals surface area contributed by atoms with Crippen molar-refractivity contribution in [2.24, 2.45) is 5.73 Å². The van der Waals surface area contributed by atoms with Gasteiger partial charge >= 0.3 is 0 Å². The highest BCUT2D eigenvalue weighted by Gasteiger charge is 2.20. The van der Waals surface area contributed by atoms with Crippen molar-refractivity contribution in [3.8, 4) is 11.5 Å². The molecule has 0 radical (unpaired) electrons. The lowest BCUT2D eigenvalue weighted by atomic mass is 10.1. The quantitative estimate of drug-likeness (QED) is 0.551. The smallest absolute Gasteiger partial charge is 0.240 e. The van der Waals surface area contributed by atoms with Gasteiger partial charge in [0.15, 0.2) is 5.01 Å². The molecule has 7 nitrogen and oxygen atoms in total. The number of halogens is 1. The van der Waals surface area contributed by atoms with E-state index in [0.29, 0.717) is 22.2 Å². The first-order chi connectivity index (χ1) is 11.7. The normalized spacial score (nSPS) is 11.2. The van der Waals surface area contributed by atoms with Gasteiger partial charge in [0.1, 0.15) is 11.5 Å². The van der Waals surface area contributed by atoms with E-state index in [0.717, 1.165) is 11.3 Å². The van der Waals surface area contributed by atoms with Gasteiger partial charge in [-0.05, 0) is 6.07 Å². The number of carbonyl (C=O) groups is 1. The van der Waals surface area contributed by atoms with Gasteiger partial charge < -0.3 is 15.2 Å². The molecule has 0 fully saturated rings. The molecule has 0 saturated heterocycles. The summed E-state index contributed by atoms with van der Waals surface area (Å²) in [6, 6.07) is 4.58. The average molecular weight is 343 g/mol. The molecule has 0 saturated carbocycles. The van der Waals surface area contributed by atoms with E-state index in [-0.39, 0.29) is 29.1 Å². The number of H-pyrrole nitrogens is 1. The summed E-state index contributed by atoms with van der Waals surface area (Å²) in [6.07, 6.45) is 1.48. The van der Waals surface area contributed by atoms with Crippen LogP contribution in [-0.2, 0) is 6.54 Å².